The molecule has 7 nitrogen and oxygen atoms in total. The van der Waals surface area contributed by atoms with E-state index in [1.807, 2.05) is 31.2 Å². The Morgan fingerprint density at radius 1 is 1.32 bits per heavy atom. The van der Waals surface area contributed by atoms with Gasteiger partial charge in [0, 0.05) is 19.2 Å². The van der Waals surface area contributed by atoms with Gasteiger partial charge in [0.25, 0.3) is 0 Å². The van der Waals surface area contributed by atoms with Crippen LogP contribution in [-0.2, 0) is 4.79 Å². The number of aromatic nitrogens is 1. The van der Waals surface area contributed by atoms with E-state index >= 15 is 0 Å². The number of aliphatic hydroxyl groups excluding tert-OH is 1. The average molecular weight is 361 g/mol. The highest BCUT2D eigenvalue weighted by Gasteiger charge is 2.40. The topological polar surface area (TPSA) is 94.0 Å². The van der Waals surface area contributed by atoms with Gasteiger partial charge in [0.05, 0.1) is 28.7 Å². The number of anilines is 1. The lowest BCUT2D eigenvalue weighted by Gasteiger charge is -2.26. The molecular formula is C17H19N3O4S. The normalized spacial score (nSPS) is 19.9. The first-order valence-corrected chi connectivity index (χ1v) is 8.72. The fourth-order valence-electron chi connectivity index (χ4n) is 3.03. The molecule has 1 aromatic carbocycles. The number of nitrogens with zero attached hydrogens (tertiary/aromatic N) is 3. The van der Waals surface area contributed by atoms with Gasteiger partial charge in [0.15, 0.2) is 0 Å². The minimum Gasteiger partial charge on any atom is -0.465 e. The molecule has 132 valence electrons. The highest BCUT2D eigenvalue weighted by molar-refractivity contribution is 7.13. The first kappa shape index (κ1) is 17.4. The summed E-state index contributed by atoms with van der Waals surface area (Å²) < 4.78 is 0. The van der Waals surface area contributed by atoms with E-state index in [1.165, 1.54) is 4.90 Å². The second kappa shape index (κ2) is 6.81. The van der Waals surface area contributed by atoms with E-state index in [2.05, 4.69) is 4.98 Å². The van der Waals surface area contributed by atoms with Gasteiger partial charge in [-0.05, 0) is 24.6 Å². The van der Waals surface area contributed by atoms with Gasteiger partial charge in [0.2, 0.25) is 5.91 Å². The quantitative estimate of drug-likeness (QED) is 0.874. The van der Waals surface area contributed by atoms with Gasteiger partial charge in [-0.1, -0.05) is 12.1 Å². The lowest BCUT2D eigenvalue weighted by Crippen LogP contribution is -2.46. The summed E-state index contributed by atoms with van der Waals surface area (Å²) in [5.41, 5.74) is 4.44. The van der Waals surface area contributed by atoms with Crippen molar-refractivity contribution in [3.63, 3.8) is 0 Å². The molecule has 2 heterocycles. The van der Waals surface area contributed by atoms with Crippen molar-refractivity contribution >= 4 is 29.0 Å². The van der Waals surface area contributed by atoms with Crippen molar-refractivity contribution < 1.29 is 19.8 Å². The number of carbonyl (C=O) groups is 2. The van der Waals surface area contributed by atoms with Gasteiger partial charge in [-0.25, -0.2) is 9.78 Å². The Kier molecular flexibility index (Phi) is 4.73. The molecule has 1 aromatic heterocycles. The molecule has 0 saturated carbocycles. The second-order valence-corrected chi connectivity index (χ2v) is 6.91. The summed E-state index contributed by atoms with van der Waals surface area (Å²) in [6.07, 6.45) is -1.89. The predicted molar refractivity (Wildman–Crippen MR) is 94.8 cm³/mol. The van der Waals surface area contributed by atoms with E-state index in [4.69, 9.17) is 0 Å². The van der Waals surface area contributed by atoms with Crippen molar-refractivity contribution in [3.8, 4) is 10.4 Å². The zero-order valence-corrected chi connectivity index (χ0v) is 14.7. The van der Waals surface area contributed by atoms with E-state index in [1.54, 1.807) is 23.9 Å². The fourth-order valence-corrected chi connectivity index (χ4v) is 3.84. The molecular weight excluding hydrogens is 342 g/mol. The number of thiazole rings is 1. The summed E-state index contributed by atoms with van der Waals surface area (Å²) in [6, 6.07) is 6.61. The molecule has 3 rings (SSSR count). The van der Waals surface area contributed by atoms with Crippen LogP contribution in [0.3, 0.4) is 0 Å². The van der Waals surface area contributed by atoms with Crippen LogP contribution in [0.15, 0.2) is 29.8 Å². The monoisotopic (exact) mass is 361 g/mol. The summed E-state index contributed by atoms with van der Waals surface area (Å²) in [5, 5.41) is 18.9. The summed E-state index contributed by atoms with van der Waals surface area (Å²) in [5.74, 6) is -0.347. The number of aliphatic hydroxyl groups is 1. The molecule has 1 saturated heterocycles. The zero-order valence-electron chi connectivity index (χ0n) is 13.9. The largest absolute Gasteiger partial charge is 0.465 e. The SMILES string of the molecule is Cc1ncsc1-c1ccc(N(C)C(=O)[C@@H]2C[C@@H](O)CN2C(=O)O)cc1. The van der Waals surface area contributed by atoms with Crippen LogP contribution in [-0.4, -0.2) is 57.8 Å². The van der Waals surface area contributed by atoms with Gasteiger partial charge >= 0.3 is 6.09 Å². The number of hydrogen-bond donors (Lipinski definition) is 2. The van der Waals surface area contributed by atoms with Crippen molar-refractivity contribution in [3.05, 3.63) is 35.5 Å². The van der Waals surface area contributed by atoms with Crippen LogP contribution in [0.1, 0.15) is 12.1 Å². The molecule has 1 aliphatic rings. The van der Waals surface area contributed by atoms with Crippen molar-refractivity contribution in [1.29, 1.82) is 0 Å². The summed E-state index contributed by atoms with van der Waals surface area (Å²) in [6.45, 7) is 1.91. The standard InChI is InChI=1S/C17H19N3O4S/c1-10-15(25-9-18-10)11-3-5-12(6-4-11)19(2)16(22)14-7-13(21)8-20(14)17(23)24/h3-6,9,13-14,21H,7-8H2,1-2H3,(H,23,24)/t13-,14+/m1/s1. The number of amides is 2. The molecule has 1 aliphatic heterocycles. The Morgan fingerprint density at radius 2 is 2.00 bits per heavy atom. The van der Waals surface area contributed by atoms with Crippen molar-refractivity contribution in [2.24, 2.45) is 0 Å². The van der Waals surface area contributed by atoms with Gasteiger partial charge in [-0.2, -0.15) is 0 Å². The molecule has 8 heteroatoms. The number of rotatable bonds is 3. The Morgan fingerprint density at radius 3 is 2.56 bits per heavy atom. The van der Waals surface area contributed by atoms with Crippen LogP contribution in [0.4, 0.5) is 10.5 Å². The molecule has 2 N–H and O–H groups in total. The van der Waals surface area contributed by atoms with Gasteiger partial charge in [0.1, 0.15) is 6.04 Å². The lowest BCUT2D eigenvalue weighted by molar-refractivity contribution is -0.122. The first-order valence-electron chi connectivity index (χ1n) is 7.84. The molecule has 0 aliphatic carbocycles. The van der Waals surface area contributed by atoms with Crippen LogP contribution in [0.25, 0.3) is 10.4 Å². The van der Waals surface area contributed by atoms with Gasteiger partial charge < -0.3 is 15.1 Å². The molecule has 1 fully saturated rings. The summed E-state index contributed by atoms with van der Waals surface area (Å²) in [7, 11) is 1.61. The molecule has 2 amide bonds. The molecule has 2 atom stereocenters. The minimum absolute atomic E-state index is 0.0385. The molecule has 0 unspecified atom stereocenters. The molecule has 0 radical (unpaired) electrons. The first-order chi connectivity index (χ1) is 11.9. The number of carbonyl (C=O) groups excluding carboxylic acids is 1. The Labute approximate surface area is 149 Å². The smallest absolute Gasteiger partial charge is 0.408 e. The molecule has 2 aromatic rings. The van der Waals surface area contributed by atoms with Crippen molar-refractivity contribution in [2.45, 2.75) is 25.5 Å². The van der Waals surface area contributed by atoms with Crippen LogP contribution >= 0.6 is 11.3 Å². The summed E-state index contributed by atoms with van der Waals surface area (Å²) >= 11 is 1.56. The van der Waals surface area contributed by atoms with Crippen LogP contribution in [0.5, 0.6) is 0 Å². The number of carboxylic acid groups (broad SMARTS) is 1. The lowest BCUT2D eigenvalue weighted by atomic mass is 10.1. The third-order valence-corrected chi connectivity index (χ3v) is 5.38. The number of likely N-dealkylation sites (N-methyl/N-ethyl adjacent to an activating group) is 1. The zero-order chi connectivity index (χ0) is 18.1. The Hall–Kier alpha value is -2.45. The Balaban J connectivity index is 1.78. The van der Waals surface area contributed by atoms with Gasteiger partial charge in [-0.15, -0.1) is 11.3 Å². The fraction of sp³-hybridized carbons (Fsp3) is 0.353. The third-order valence-electron chi connectivity index (χ3n) is 4.40. The number of benzene rings is 1. The maximum Gasteiger partial charge on any atom is 0.408 e. The number of β-amino-alcohol motifs (C(OH)–C–C–N with tert-alkyl or cyclic N) is 1. The van der Waals surface area contributed by atoms with Crippen LogP contribution in [0, 0.1) is 6.92 Å². The van der Waals surface area contributed by atoms with Crippen LogP contribution in [0.2, 0.25) is 0 Å². The van der Waals surface area contributed by atoms with Crippen molar-refractivity contribution in [2.75, 3.05) is 18.5 Å². The predicted octanol–water partition coefficient (Wildman–Crippen LogP) is 2.19. The maximum absolute atomic E-state index is 12.7. The van der Waals surface area contributed by atoms with E-state index in [0.717, 1.165) is 21.0 Å². The second-order valence-electron chi connectivity index (χ2n) is 6.05. The molecule has 0 spiro atoms. The highest BCUT2D eigenvalue weighted by Crippen LogP contribution is 2.29. The minimum atomic E-state index is -1.20. The van der Waals surface area contributed by atoms with E-state index in [-0.39, 0.29) is 18.9 Å². The summed E-state index contributed by atoms with van der Waals surface area (Å²) in [4.78, 5) is 31.7. The van der Waals surface area contributed by atoms with E-state index < -0.39 is 18.2 Å². The molecule has 25 heavy (non-hydrogen) atoms. The highest BCUT2D eigenvalue weighted by atomic mass is 32.1. The van der Waals surface area contributed by atoms with Crippen LogP contribution < -0.4 is 4.90 Å². The van der Waals surface area contributed by atoms with E-state index in [9.17, 15) is 19.8 Å². The number of hydrogen-bond acceptors (Lipinski definition) is 5. The number of likely N-dealkylation sites (tertiary alicyclic amines) is 1. The van der Waals surface area contributed by atoms with Crippen molar-refractivity contribution in [1.82, 2.24) is 9.88 Å². The molecule has 0 bridgehead atoms. The average Bonchev–Trinajstić information content (AvgIpc) is 3.19. The number of aryl methyl sites for hydroxylation is 1. The Bertz CT molecular complexity index is 789. The van der Waals surface area contributed by atoms with E-state index in [0.29, 0.717) is 5.69 Å². The maximum atomic E-state index is 12.7. The van der Waals surface area contributed by atoms with Gasteiger partial charge in [-0.3, -0.25) is 9.69 Å². The third kappa shape index (κ3) is 3.35.